The summed E-state index contributed by atoms with van der Waals surface area (Å²) in [5, 5.41) is 9.77. The van der Waals surface area contributed by atoms with Crippen LogP contribution in [0.4, 0.5) is 0 Å². The maximum absolute atomic E-state index is 11.4. The quantitative estimate of drug-likeness (QED) is 0.830. The fourth-order valence-corrected chi connectivity index (χ4v) is 1.91. The van der Waals surface area contributed by atoms with Gasteiger partial charge in [0.2, 0.25) is 5.91 Å². The molecule has 17 heavy (non-hydrogen) atoms. The molecule has 4 nitrogen and oxygen atoms in total. The third-order valence-electron chi connectivity index (χ3n) is 2.79. The highest BCUT2D eigenvalue weighted by Gasteiger charge is 2.22. The van der Waals surface area contributed by atoms with E-state index in [1.165, 1.54) is 0 Å². The second-order valence-electron chi connectivity index (χ2n) is 4.22. The van der Waals surface area contributed by atoms with Crippen LogP contribution in [0.15, 0.2) is 30.3 Å². The van der Waals surface area contributed by atoms with Crippen molar-refractivity contribution in [3.05, 3.63) is 30.3 Å². The summed E-state index contributed by atoms with van der Waals surface area (Å²) in [5.41, 5.74) is 0. The molecule has 0 aliphatic carbocycles. The first-order chi connectivity index (χ1) is 8.25. The average Bonchev–Trinajstić information content (AvgIpc) is 2.74. The molecule has 1 aromatic carbocycles. The number of carbonyl (C=O) groups excluding carboxylic acids is 1. The van der Waals surface area contributed by atoms with Crippen LogP contribution in [0.3, 0.4) is 0 Å². The number of para-hydroxylation sites is 1. The Kier molecular flexibility index (Phi) is 3.98. The summed E-state index contributed by atoms with van der Waals surface area (Å²) in [6.07, 6.45) is 0.870. The van der Waals surface area contributed by atoms with Crippen LogP contribution >= 0.6 is 0 Å². The number of aliphatic hydroxyl groups excluding tert-OH is 1. The molecule has 1 aromatic rings. The van der Waals surface area contributed by atoms with E-state index in [0.717, 1.165) is 18.7 Å². The summed E-state index contributed by atoms with van der Waals surface area (Å²) in [7, 11) is 0. The first-order valence-electron chi connectivity index (χ1n) is 5.89. The van der Waals surface area contributed by atoms with Crippen LogP contribution in [0.1, 0.15) is 12.8 Å². The third-order valence-corrected chi connectivity index (χ3v) is 2.79. The molecule has 0 aromatic heterocycles. The molecule has 92 valence electrons. The Bertz CT molecular complexity index is 366. The predicted octanol–water partition coefficient (Wildman–Crippen LogP) is 1.05. The standard InChI is InChI=1S/C13H17NO3/c15-11(9-14-8-4-7-13(14)16)10-17-12-5-2-1-3-6-12/h1-3,5-6,11,15H,4,7-10H2. The van der Waals surface area contributed by atoms with Gasteiger partial charge in [0.05, 0.1) is 0 Å². The van der Waals surface area contributed by atoms with E-state index in [2.05, 4.69) is 0 Å². The smallest absolute Gasteiger partial charge is 0.222 e. The van der Waals surface area contributed by atoms with Crippen molar-refractivity contribution >= 4 is 5.91 Å². The van der Waals surface area contributed by atoms with Gasteiger partial charge in [0.15, 0.2) is 0 Å². The number of rotatable bonds is 5. The molecule has 1 aliphatic heterocycles. The molecule has 1 unspecified atom stereocenters. The van der Waals surface area contributed by atoms with Crippen molar-refractivity contribution in [1.29, 1.82) is 0 Å². The van der Waals surface area contributed by atoms with E-state index < -0.39 is 6.10 Å². The summed E-state index contributed by atoms with van der Waals surface area (Å²) < 4.78 is 5.43. The topological polar surface area (TPSA) is 49.8 Å². The largest absolute Gasteiger partial charge is 0.491 e. The predicted molar refractivity (Wildman–Crippen MR) is 63.8 cm³/mol. The van der Waals surface area contributed by atoms with E-state index >= 15 is 0 Å². The molecule has 1 fully saturated rings. The fraction of sp³-hybridized carbons (Fsp3) is 0.462. The second-order valence-corrected chi connectivity index (χ2v) is 4.22. The van der Waals surface area contributed by atoms with Crippen LogP contribution in [0, 0.1) is 0 Å². The van der Waals surface area contributed by atoms with Gasteiger partial charge in [-0.05, 0) is 18.6 Å². The van der Waals surface area contributed by atoms with E-state index in [1.807, 2.05) is 30.3 Å². The number of hydrogen-bond acceptors (Lipinski definition) is 3. The van der Waals surface area contributed by atoms with Crippen LogP contribution < -0.4 is 4.74 Å². The molecule has 0 radical (unpaired) electrons. The SMILES string of the molecule is O=C1CCCN1CC(O)COc1ccccc1. The summed E-state index contributed by atoms with van der Waals surface area (Å²) in [4.78, 5) is 13.1. The van der Waals surface area contributed by atoms with Crippen molar-refractivity contribution in [3.8, 4) is 5.75 Å². The lowest BCUT2D eigenvalue weighted by molar-refractivity contribution is -0.129. The molecular weight excluding hydrogens is 218 g/mol. The Balaban J connectivity index is 1.74. The Labute approximate surface area is 101 Å². The van der Waals surface area contributed by atoms with Crippen molar-refractivity contribution in [2.24, 2.45) is 0 Å². The van der Waals surface area contributed by atoms with Crippen molar-refractivity contribution < 1.29 is 14.6 Å². The van der Waals surface area contributed by atoms with Crippen LogP contribution in [0.5, 0.6) is 5.75 Å². The summed E-state index contributed by atoms with van der Waals surface area (Å²) in [6, 6.07) is 9.35. The maximum Gasteiger partial charge on any atom is 0.222 e. The lowest BCUT2D eigenvalue weighted by Gasteiger charge is -2.20. The minimum absolute atomic E-state index is 0.128. The highest BCUT2D eigenvalue weighted by atomic mass is 16.5. The van der Waals surface area contributed by atoms with E-state index in [4.69, 9.17) is 4.74 Å². The lowest BCUT2D eigenvalue weighted by Crippen LogP contribution is -2.36. The Morgan fingerprint density at radius 2 is 2.12 bits per heavy atom. The van der Waals surface area contributed by atoms with Gasteiger partial charge in [-0.3, -0.25) is 4.79 Å². The number of nitrogens with zero attached hydrogens (tertiary/aromatic N) is 1. The van der Waals surface area contributed by atoms with Crippen LogP contribution in [-0.2, 0) is 4.79 Å². The molecule has 4 heteroatoms. The van der Waals surface area contributed by atoms with Crippen molar-refractivity contribution in [1.82, 2.24) is 4.90 Å². The number of amides is 1. The summed E-state index contributed by atoms with van der Waals surface area (Å²) >= 11 is 0. The fourth-order valence-electron chi connectivity index (χ4n) is 1.91. The molecule has 1 saturated heterocycles. The number of aliphatic hydroxyl groups is 1. The van der Waals surface area contributed by atoms with Gasteiger partial charge < -0.3 is 14.7 Å². The van der Waals surface area contributed by atoms with Crippen LogP contribution in [0.25, 0.3) is 0 Å². The zero-order chi connectivity index (χ0) is 12.1. The molecule has 1 N–H and O–H groups in total. The van der Waals surface area contributed by atoms with E-state index in [0.29, 0.717) is 13.0 Å². The van der Waals surface area contributed by atoms with E-state index in [1.54, 1.807) is 4.90 Å². The molecule has 1 amide bonds. The van der Waals surface area contributed by atoms with Gasteiger partial charge >= 0.3 is 0 Å². The number of carbonyl (C=O) groups is 1. The molecule has 0 saturated carbocycles. The number of ether oxygens (including phenoxy) is 1. The molecular formula is C13H17NO3. The normalized spacial score (nSPS) is 17.2. The molecule has 2 rings (SSSR count). The van der Waals surface area contributed by atoms with Gasteiger partial charge in [0.1, 0.15) is 18.5 Å². The van der Waals surface area contributed by atoms with Gasteiger partial charge in [0.25, 0.3) is 0 Å². The number of likely N-dealkylation sites (tertiary alicyclic amines) is 1. The third kappa shape index (κ3) is 3.46. The minimum Gasteiger partial charge on any atom is -0.491 e. The average molecular weight is 235 g/mol. The maximum atomic E-state index is 11.4. The van der Waals surface area contributed by atoms with Crippen molar-refractivity contribution in [3.63, 3.8) is 0 Å². The minimum atomic E-state index is -0.628. The molecule has 1 aliphatic rings. The molecule has 0 bridgehead atoms. The Hall–Kier alpha value is -1.55. The number of hydrogen-bond donors (Lipinski definition) is 1. The first kappa shape index (κ1) is 11.9. The summed E-state index contributed by atoms with van der Waals surface area (Å²) in [6.45, 7) is 1.33. The molecule has 1 atom stereocenters. The number of β-amino-alcohol motifs (C(OH)–C–C–N with tert-alkyl or cyclic N) is 1. The van der Waals surface area contributed by atoms with Crippen molar-refractivity contribution in [2.75, 3.05) is 19.7 Å². The first-order valence-corrected chi connectivity index (χ1v) is 5.89. The van der Waals surface area contributed by atoms with Crippen molar-refractivity contribution in [2.45, 2.75) is 18.9 Å². The van der Waals surface area contributed by atoms with Crippen LogP contribution in [-0.4, -0.2) is 41.7 Å². The van der Waals surface area contributed by atoms with E-state index in [-0.39, 0.29) is 12.5 Å². The van der Waals surface area contributed by atoms with E-state index in [9.17, 15) is 9.90 Å². The van der Waals surface area contributed by atoms with Gasteiger partial charge in [-0.2, -0.15) is 0 Å². The van der Waals surface area contributed by atoms with Gasteiger partial charge in [0, 0.05) is 19.5 Å². The van der Waals surface area contributed by atoms with Gasteiger partial charge in [-0.25, -0.2) is 0 Å². The molecule has 0 spiro atoms. The Morgan fingerprint density at radius 1 is 1.35 bits per heavy atom. The second kappa shape index (κ2) is 5.68. The zero-order valence-corrected chi connectivity index (χ0v) is 9.71. The van der Waals surface area contributed by atoms with Crippen LogP contribution in [0.2, 0.25) is 0 Å². The van der Waals surface area contributed by atoms with Gasteiger partial charge in [-0.15, -0.1) is 0 Å². The monoisotopic (exact) mass is 235 g/mol. The summed E-state index contributed by atoms with van der Waals surface area (Å²) in [5.74, 6) is 0.864. The highest BCUT2D eigenvalue weighted by Crippen LogP contribution is 2.11. The number of benzene rings is 1. The lowest BCUT2D eigenvalue weighted by atomic mass is 10.3. The van der Waals surface area contributed by atoms with Gasteiger partial charge in [-0.1, -0.05) is 18.2 Å². The Morgan fingerprint density at radius 3 is 2.76 bits per heavy atom. The molecule has 1 heterocycles. The highest BCUT2D eigenvalue weighted by molar-refractivity contribution is 5.78. The zero-order valence-electron chi connectivity index (χ0n) is 9.71.